The van der Waals surface area contributed by atoms with Crippen LogP contribution in [0.2, 0.25) is 10.0 Å². The van der Waals surface area contributed by atoms with Crippen molar-refractivity contribution < 1.29 is 28.2 Å². The van der Waals surface area contributed by atoms with Crippen LogP contribution in [0.3, 0.4) is 0 Å². The number of rotatable bonds is 3. The number of carbonyl (C=O) groups excluding carboxylic acids is 3. The quantitative estimate of drug-likeness (QED) is 0.625. The third-order valence-corrected chi connectivity index (χ3v) is 3.22. The van der Waals surface area contributed by atoms with Gasteiger partial charge in [-0.3, -0.25) is 4.79 Å². The second kappa shape index (κ2) is 6.28. The lowest BCUT2D eigenvalue weighted by molar-refractivity contribution is -0.131. The van der Waals surface area contributed by atoms with Gasteiger partial charge in [0.25, 0.3) is 5.91 Å². The van der Waals surface area contributed by atoms with Crippen LogP contribution in [0.1, 0.15) is 10.4 Å². The minimum atomic E-state index is -1.00. The Labute approximate surface area is 128 Å². The van der Waals surface area contributed by atoms with Gasteiger partial charge in [-0.15, -0.1) is 0 Å². The molecule has 0 unspecified atom stereocenters. The Bertz CT molecular complexity index is 622. The standard InChI is InChI=1S/C12H8Cl2FNO5/c13-7-4-8(14)9(15)3-6(7)11(18)21-5-10(17)16-1-2-20-12(16)19/h3-4H,1-2,5H2. The van der Waals surface area contributed by atoms with Crippen molar-refractivity contribution >= 4 is 41.2 Å². The molecule has 9 heteroatoms. The molecule has 2 rings (SSSR count). The molecule has 1 heterocycles. The third kappa shape index (κ3) is 3.43. The Kier molecular flexibility index (Phi) is 4.64. The fourth-order valence-electron chi connectivity index (χ4n) is 1.58. The van der Waals surface area contributed by atoms with E-state index in [9.17, 15) is 18.8 Å². The minimum absolute atomic E-state index is 0.0888. The van der Waals surface area contributed by atoms with Gasteiger partial charge in [0, 0.05) is 0 Å². The van der Waals surface area contributed by atoms with Gasteiger partial charge in [0.1, 0.15) is 12.4 Å². The first kappa shape index (κ1) is 15.5. The molecular weight excluding hydrogens is 328 g/mol. The van der Waals surface area contributed by atoms with E-state index in [-0.39, 0.29) is 28.8 Å². The summed E-state index contributed by atoms with van der Waals surface area (Å²) >= 11 is 11.2. The topological polar surface area (TPSA) is 72.9 Å². The van der Waals surface area contributed by atoms with Crippen LogP contribution in [0.4, 0.5) is 9.18 Å². The lowest BCUT2D eigenvalue weighted by Gasteiger charge is -2.11. The second-order valence-corrected chi connectivity index (χ2v) is 4.80. The van der Waals surface area contributed by atoms with Crippen molar-refractivity contribution in [2.45, 2.75) is 0 Å². The summed E-state index contributed by atoms with van der Waals surface area (Å²) in [5.74, 6) is -2.59. The molecule has 1 aliphatic heterocycles. The number of halogens is 3. The van der Waals surface area contributed by atoms with Crippen molar-refractivity contribution in [2.75, 3.05) is 19.8 Å². The molecule has 1 aromatic rings. The van der Waals surface area contributed by atoms with Crippen molar-refractivity contribution in [1.82, 2.24) is 4.90 Å². The van der Waals surface area contributed by atoms with Crippen LogP contribution >= 0.6 is 23.2 Å². The fourth-order valence-corrected chi connectivity index (χ4v) is 2.04. The summed E-state index contributed by atoms with van der Waals surface area (Å²) in [6, 6.07) is 1.86. The first-order chi connectivity index (χ1) is 9.90. The number of cyclic esters (lactones) is 1. The van der Waals surface area contributed by atoms with Crippen molar-refractivity contribution in [3.05, 3.63) is 33.6 Å². The molecule has 2 amide bonds. The molecule has 6 nitrogen and oxygen atoms in total. The average Bonchev–Trinajstić information content (AvgIpc) is 2.86. The second-order valence-electron chi connectivity index (χ2n) is 3.98. The summed E-state index contributed by atoms with van der Waals surface area (Å²) in [6.07, 6.45) is -0.799. The van der Waals surface area contributed by atoms with E-state index in [1.54, 1.807) is 0 Å². The number of benzene rings is 1. The highest BCUT2D eigenvalue weighted by atomic mass is 35.5. The normalized spacial score (nSPS) is 14.0. The van der Waals surface area contributed by atoms with E-state index in [0.717, 1.165) is 17.0 Å². The Morgan fingerprint density at radius 2 is 2.05 bits per heavy atom. The minimum Gasteiger partial charge on any atom is -0.452 e. The molecule has 0 N–H and O–H groups in total. The molecule has 1 aliphatic rings. The predicted molar refractivity (Wildman–Crippen MR) is 69.8 cm³/mol. The number of amides is 2. The van der Waals surface area contributed by atoms with E-state index >= 15 is 0 Å². The molecule has 1 aromatic carbocycles. The summed E-state index contributed by atoms with van der Waals surface area (Å²) in [5, 5.41) is -0.355. The van der Waals surface area contributed by atoms with Gasteiger partial charge in [0.05, 0.1) is 22.2 Å². The molecular formula is C12H8Cl2FNO5. The van der Waals surface area contributed by atoms with Crippen molar-refractivity contribution in [3.8, 4) is 0 Å². The zero-order valence-electron chi connectivity index (χ0n) is 10.4. The molecule has 0 atom stereocenters. The number of hydrogen-bond donors (Lipinski definition) is 0. The molecule has 0 saturated carbocycles. The van der Waals surface area contributed by atoms with Crippen molar-refractivity contribution in [2.24, 2.45) is 0 Å². The number of hydrogen-bond acceptors (Lipinski definition) is 5. The molecule has 21 heavy (non-hydrogen) atoms. The van der Waals surface area contributed by atoms with Gasteiger partial charge in [0.15, 0.2) is 6.61 Å². The van der Waals surface area contributed by atoms with Crippen LogP contribution in [0.15, 0.2) is 12.1 Å². The van der Waals surface area contributed by atoms with Gasteiger partial charge in [-0.05, 0) is 12.1 Å². The smallest absolute Gasteiger partial charge is 0.416 e. The highest BCUT2D eigenvalue weighted by Gasteiger charge is 2.29. The number of imide groups is 1. The monoisotopic (exact) mass is 335 g/mol. The maximum Gasteiger partial charge on any atom is 0.416 e. The third-order valence-electron chi connectivity index (χ3n) is 2.62. The molecule has 112 valence electrons. The van der Waals surface area contributed by atoms with Crippen LogP contribution in [0, 0.1) is 5.82 Å². The molecule has 0 spiro atoms. The van der Waals surface area contributed by atoms with Crippen LogP contribution in [0.25, 0.3) is 0 Å². The van der Waals surface area contributed by atoms with Gasteiger partial charge in [-0.1, -0.05) is 23.2 Å². The van der Waals surface area contributed by atoms with E-state index in [2.05, 4.69) is 4.74 Å². The fraction of sp³-hybridized carbons (Fsp3) is 0.250. The lowest BCUT2D eigenvalue weighted by atomic mass is 10.2. The average molecular weight is 336 g/mol. The maximum atomic E-state index is 13.3. The zero-order chi connectivity index (χ0) is 15.6. The first-order valence-electron chi connectivity index (χ1n) is 5.69. The molecule has 0 bridgehead atoms. The largest absolute Gasteiger partial charge is 0.452 e. The highest BCUT2D eigenvalue weighted by Crippen LogP contribution is 2.24. The molecule has 0 aliphatic carbocycles. The van der Waals surface area contributed by atoms with E-state index in [1.807, 2.05) is 0 Å². The lowest BCUT2D eigenvalue weighted by Crippen LogP contribution is -2.35. The first-order valence-corrected chi connectivity index (χ1v) is 6.44. The molecule has 0 aromatic heterocycles. The van der Waals surface area contributed by atoms with Gasteiger partial charge >= 0.3 is 12.1 Å². The highest BCUT2D eigenvalue weighted by molar-refractivity contribution is 6.36. The summed E-state index contributed by atoms with van der Waals surface area (Å²) in [4.78, 5) is 35.3. The molecule has 1 fully saturated rings. The number of nitrogens with zero attached hydrogens (tertiary/aromatic N) is 1. The summed E-state index contributed by atoms with van der Waals surface area (Å²) in [5.41, 5.74) is -0.268. The Morgan fingerprint density at radius 1 is 1.33 bits per heavy atom. The van der Waals surface area contributed by atoms with E-state index in [0.29, 0.717) is 0 Å². The maximum absolute atomic E-state index is 13.3. The molecule has 0 radical (unpaired) electrons. The van der Waals surface area contributed by atoms with Crippen LogP contribution in [-0.2, 0) is 14.3 Å². The van der Waals surface area contributed by atoms with Crippen molar-refractivity contribution in [3.63, 3.8) is 0 Å². The summed E-state index contributed by atoms with van der Waals surface area (Å²) in [6.45, 7) is -0.507. The molecule has 1 saturated heterocycles. The van der Waals surface area contributed by atoms with Gasteiger partial charge in [-0.2, -0.15) is 0 Å². The summed E-state index contributed by atoms with van der Waals surface area (Å²) in [7, 11) is 0. The predicted octanol–water partition coefficient (Wildman–Crippen LogP) is 2.27. The van der Waals surface area contributed by atoms with Crippen LogP contribution < -0.4 is 0 Å². The summed E-state index contributed by atoms with van der Waals surface area (Å²) < 4.78 is 22.5. The van der Waals surface area contributed by atoms with Gasteiger partial charge < -0.3 is 9.47 Å². The van der Waals surface area contributed by atoms with E-state index in [1.165, 1.54) is 0 Å². The van der Waals surface area contributed by atoms with Gasteiger partial charge in [0.2, 0.25) is 0 Å². The van der Waals surface area contributed by atoms with Crippen LogP contribution in [-0.4, -0.2) is 42.6 Å². The Balaban J connectivity index is 2.00. The Hall–Kier alpha value is -1.86. The van der Waals surface area contributed by atoms with Gasteiger partial charge in [-0.25, -0.2) is 18.9 Å². The Morgan fingerprint density at radius 3 is 2.67 bits per heavy atom. The number of carbonyl (C=O) groups is 3. The zero-order valence-corrected chi connectivity index (χ0v) is 11.9. The van der Waals surface area contributed by atoms with E-state index < -0.39 is 30.4 Å². The number of esters is 1. The SMILES string of the molecule is O=C(OCC(=O)N1CCOC1=O)c1cc(F)c(Cl)cc1Cl. The van der Waals surface area contributed by atoms with E-state index in [4.69, 9.17) is 27.9 Å². The van der Waals surface area contributed by atoms with Crippen molar-refractivity contribution in [1.29, 1.82) is 0 Å². The number of ether oxygens (including phenoxy) is 2. The van der Waals surface area contributed by atoms with Crippen LogP contribution in [0.5, 0.6) is 0 Å².